The lowest BCUT2D eigenvalue weighted by molar-refractivity contribution is -0.137. The van der Waals surface area contributed by atoms with Crippen molar-refractivity contribution in [3.8, 4) is 6.07 Å². The number of allylic oxidation sites excluding steroid dienone is 1. The number of amides is 2. The summed E-state index contributed by atoms with van der Waals surface area (Å²) in [5.74, 6) is -0.947. The molecule has 2 amide bonds. The summed E-state index contributed by atoms with van der Waals surface area (Å²) >= 11 is 0. The number of anilines is 1. The number of benzene rings is 3. The van der Waals surface area contributed by atoms with Gasteiger partial charge in [0.1, 0.15) is 5.60 Å². The number of esters is 1. The standard InChI is InChI=1S/C33H30F3N3O4/c1-20-28(21(2)40)29(24-14-12-22(18-37)13-15-24)38(19-23-8-6-9-25(16-23)30(41)43-32(3,4)5)31(42)39(20)27-11-7-10-26(17-27)33(34,35)36/h6-17,29H,19H2,1-5H3. The molecule has 1 unspecified atom stereocenters. The number of alkyl halides is 3. The van der Waals surface area contributed by atoms with Crippen molar-refractivity contribution in [3.05, 3.63) is 112 Å². The topological polar surface area (TPSA) is 90.7 Å². The van der Waals surface area contributed by atoms with Gasteiger partial charge in [-0.2, -0.15) is 18.4 Å². The Hall–Kier alpha value is -4.91. The van der Waals surface area contributed by atoms with Crippen LogP contribution in [-0.4, -0.2) is 28.3 Å². The van der Waals surface area contributed by atoms with E-state index in [0.717, 1.165) is 17.0 Å². The minimum atomic E-state index is -4.65. The van der Waals surface area contributed by atoms with Gasteiger partial charge in [-0.1, -0.05) is 30.3 Å². The molecular formula is C33H30F3N3O4. The number of hydrogen-bond donors (Lipinski definition) is 0. The summed E-state index contributed by atoms with van der Waals surface area (Å²) in [7, 11) is 0. The summed E-state index contributed by atoms with van der Waals surface area (Å²) in [6, 6.07) is 17.7. The van der Waals surface area contributed by atoms with Crippen molar-refractivity contribution in [2.24, 2.45) is 0 Å². The molecule has 0 aliphatic carbocycles. The van der Waals surface area contributed by atoms with Crippen LogP contribution in [-0.2, 0) is 22.3 Å². The second-order valence-corrected chi connectivity index (χ2v) is 11.2. The molecule has 10 heteroatoms. The molecule has 0 saturated carbocycles. The molecule has 7 nitrogen and oxygen atoms in total. The highest BCUT2D eigenvalue weighted by Crippen LogP contribution is 2.42. The van der Waals surface area contributed by atoms with Crippen molar-refractivity contribution in [2.45, 2.75) is 59.0 Å². The largest absolute Gasteiger partial charge is 0.456 e. The lowest BCUT2D eigenvalue weighted by atomic mass is 9.89. The highest BCUT2D eigenvalue weighted by Gasteiger charge is 2.42. The molecule has 0 saturated heterocycles. The number of carbonyl (C=O) groups is 3. The lowest BCUT2D eigenvalue weighted by Crippen LogP contribution is -2.50. The van der Waals surface area contributed by atoms with Gasteiger partial charge in [-0.3, -0.25) is 9.69 Å². The zero-order chi connectivity index (χ0) is 31.7. The van der Waals surface area contributed by atoms with Gasteiger partial charge in [0.05, 0.1) is 34.5 Å². The predicted molar refractivity (Wildman–Crippen MR) is 154 cm³/mol. The van der Waals surface area contributed by atoms with Crippen molar-refractivity contribution in [2.75, 3.05) is 4.90 Å². The van der Waals surface area contributed by atoms with E-state index < -0.39 is 35.4 Å². The fourth-order valence-electron chi connectivity index (χ4n) is 5.01. The van der Waals surface area contributed by atoms with E-state index in [9.17, 15) is 32.8 Å². The van der Waals surface area contributed by atoms with Crippen LogP contribution in [0.5, 0.6) is 0 Å². The summed E-state index contributed by atoms with van der Waals surface area (Å²) in [4.78, 5) is 42.7. The maximum atomic E-state index is 14.3. The smallest absolute Gasteiger partial charge is 0.416 e. The molecule has 3 aromatic rings. The van der Waals surface area contributed by atoms with Gasteiger partial charge in [-0.25, -0.2) is 9.59 Å². The third kappa shape index (κ3) is 6.78. The molecule has 1 heterocycles. The lowest BCUT2D eigenvalue weighted by Gasteiger charge is -2.43. The molecule has 0 N–H and O–H groups in total. The molecule has 0 radical (unpaired) electrons. The summed E-state index contributed by atoms with van der Waals surface area (Å²) < 4.78 is 46.3. The van der Waals surface area contributed by atoms with Crippen LogP contribution in [0, 0.1) is 11.3 Å². The first kappa shape index (κ1) is 31.0. The number of nitrogens with zero attached hydrogens (tertiary/aromatic N) is 3. The maximum Gasteiger partial charge on any atom is 0.416 e. The second kappa shape index (κ2) is 11.8. The fraction of sp³-hybridized carbons (Fsp3) is 0.273. The molecule has 1 aliphatic heterocycles. The number of ketones is 1. The van der Waals surface area contributed by atoms with Gasteiger partial charge >= 0.3 is 18.2 Å². The third-order valence-electron chi connectivity index (χ3n) is 6.83. The Morgan fingerprint density at radius 2 is 1.63 bits per heavy atom. The first-order chi connectivity index (χ1) is 20.1. The quantitative estimate of drug-likeness (QED) is 0.277. The molecule has 0 bridgehead atoms. The average molecular weight is 590 g/mol. The van der Waals surface area contributed by atoms with E-state index >= 15 is 0 Å². The SMILES string of the molecule is CC(=O)C1=C(C)N(c2cccc(C(F)(F)F)c2)C(=O)N(Cc2cccc(C(=O)OC(C)(C)C)c2)C1c1ccc(C#N)cc1. The number of urea groups is 1. The van der Waals surface area contributed by atoms with Crippen LogP contribution in [0.1, 0.15) is 73.3 Å². The number of hydrogen-bond acceptors (Lipinski definition) is 5. The van der Waals surface area contributed by atoms with Gasteiger partial charge in [-0.15, -0.1) is 0 Å². The minimum Gasteiger partial charge on any atom is -0.456 e. The normalized spacial score (nSPS) is 15.8. The van der Waals surface area contributed by atoms with Crippen molar-refractivity contribution in [1.29, 1.82) is 5.26 Å². The first-order valence-corrected chi connectivity index (χ1v) is 13.4. The van der Waals surface area contributed by atoms with Crippen LogP contribution in [0.3, 0.4) is 0 Å². The number of ether oxygens (including phenoxy) is 1. The average Bonchev–Trinajstić information content (AvgIpc) is 2.93. The Balaban J connectivity index is 1.88. The van der Waals surface area contributed by atoms with Gasteiger partial charge in [-0.05, 0) is 88.2 Å². The molecule has 222 valence electrons. The number of nitriles is 1. The van der Waals surface area contributed by atoms with Gasteiger partial charge < -0.3 is 9.64 Å². The molecule has 0 aromatic heterocycles. The Labute approximate surface area is 247 Å². The van der Waals surface area contributed by atoms with Crippen LogP contribution in [0.15, 0.2) is 84.1 Å². The molecule has 43 heavy (non-hydrogen) atoms. The van der Waals surface area contributed by atoms with Crippen molar-refractivity contribution in [1.82, 2.24) is 4.90 Å². The van der Waals surface area contributed by atoms with Gasteiger partial charge in [0.15, 0.2) is 5.78 Å². The number of carbonyl (C=O) groups excluding carboxylic acids is 3. The Bertz CT molecular complexity index is 1650. The van der Waals surface area contributed by atoms with Crippen LogP contribution >= 0.6 is 0 Å². The van der Waals surface area contributed by atoms with Crippen molar-refractivity contribution < 1.29 is 32.3 Å². The van der Waals surface area contributed by atoms with Gasteiger partial charge in [0.2, 0.25) is 0 Å². The molecular weight excluding hydrogens is 559 g/mol. The minimum absolute atomic E-state index is 0.0538. The monoisotopic (exact) mass is 589 g/mol. The van der Waals surface area contributed by atoms with Crippen LogP contribution in [0.4, 0.5) is 23.7 Å². The summed E-state index contributed by atoms with van der Waals surface area (Å²) in [5.41, 5.74) is 0.336. The molecule has 4 rings (SSSR count). The molecule has 1 atom stereocenters. The van der Waals surface area contributed by atoms with E-state index in [1.54, 1.807) is 69.3 Å². The maximum absolute atomic E-state index is 14.3. The van der Waals surface area contributed by atoms with E-state index in [4.69, 9.17) is 4.74 Å². The zero-order valence-corrected chi connectivity index (χ0v) is 24.3. The first-order valence-electron chi connectivity index (χ1n) is 13.4. The zero-order valence-electron chi connectivity index (χ0n) is 24.3. The van der Waals surface area contributed by atoms with E-state index in [0.29, 0.717) is 16.7 Å². The van der Waals surface area contributed by atoms with Crippen molar-refractivity contribution >= 4 is 23.5 Å². The Kier molecular flexibility index (Phi) is 8.49. The van der Waals surface area contributed by atoms with E-state index in [1.807, 2.05) is 6.07 Å². The van der Waals surface area contributed by atoms with Crippen LogP contribution in [0.2, 0.25) is 0 Å². The second-order valence-electron chi connectivity index (χ2n) is 11.2. The Morgan fingerprint density at radius 1 is 0.977 bits per heavy atom. The van der Waals surface area contributed by atoms with E-state index in [1.165, 1.54) is 30.9 Å². The molecule has 0 fully saturated rings. The van der Waals surface area contributed by atoms with Gasteiger partial charge in [0, 0.05) is 17.8 Å². The van der Waals surface area contributed by atoms with Crippen molar-refractivity contribution in [3.63, 3.8) is 0 Å². The third-order valence-corrected chi connectivity index (χ3v) is 6.83. The van der Waals surface area contributed by atoms with Crippen LogP contribution < -0.4 is 4.90 Å². The fourth-order valence-corrected chi connectivity index (χ4v) is 5.01. The predicted octanol–water partition coefficient (Wildman–Crippen LogP) is 7.58. The van der Waals surface area contributed by atoms with E-state index in [-0.39, 0.29) is 34.8 Å². The molecule has 1 aliphatic rings. The number of halogens is 3. The number of Topliss-reactive ketones (excluding diaryl/α,β-unsaturated/α-hetero) is 1. The highest BCUT2D eigenvalue weighted by atomic mass is 19.4. The van der Waals surface area contributed by atoms with Crippen LogP contribution in [0.25, 0.3) is 0 Å². The summed E-state index contributed by atoms with van der Waals surface area (Å²) in [5, 5.41) is 9.29. The summed E-state index contributed by atoms with van der Waals surface area (Å²) in [6.45, 7) is 7.97. The molecule has 0 spiro atoms. The molecule has 3 aromatic carbocycles. The number of rotatable bonds is 6. The highest BCUT2D eigenvalue weighted by molar-refractivity contribution is 6.05. The summed E-state index contributed by atoms with van der Waals surface area (Å²) in [6.07, 6.45) is -4.65. The van der Waals surface area contributed by atoms with E-state index in [2.05, 4.69) is 0 Å². The van der Waals surface area contributed by atoms with Gasteiger partial charge in [0.25, 0.3) is 0 Å². The Morgan fingerprint density at radius 3 is 2.21 bits per heavy atom.